The summed E-state index contributed by atoms with van der Waals surface area (Å²) in [4.78, 5) is 1.39. The fourth-order valence-corrected chi connectivity index (χ4v) is 3.11. The second-order valence-corrected chi connectivity index (χ2v) is 5.67. The molecule has 1 aliphatic heterocycles. The van der Waals surface area contributed by atoms with Crippen LogP contribution in [0.15, 0.2) is 41.8 Å². The predicted octanol–water partition coefficient (Wildman–Crippen LogP) is 3.57. The van der Waals surface area contributed by atoms with Gasteiger partial charge in [-0.15, -0.1) is 11.3 Å². The molecule has 2 heterocycles. The third-order valence-electron chi connectivity index (χ3n) is 3.44. The van der Waals surface area contributed by atoms with E-state index in [-0.39, 0.29) is 0 Å². The van der Waals surface area contributed by atoms with E-state index in [0.29, 0.717) is 12.0 Å². The molecule has 2 nitrogen and oxygen atoms in total. The molecule has 1 aromatic heterocycles. The largest absolute Gasteiger partial charge is 0.493 e. The van der Waals surface area contributed by atoms with Gasteiger partial charge in [0, 0.05) is 28.9 Å². The van der Waals surface area contributed by atoms with Crippen LogP contribution in [0.4, 0.5) is 0 Å². The molecule has 2 aromatic rings. The number of hydrogen-bond donors (Lipinski definition) is 1. The smallest absolute Gasteiger partial charge is 0.122 e. The molecule has 1 aromatic carbocycles. The number of thiophene rings is 1. The fraction of sp³-hybridized carbons (Fsp3) is 0.333. The summed E-state index contributed by atoms with van der Waals surface area (Å²) < 4.78 is 5.70. The Morgan fingerprint density at radius 1 is 1.33 bits per heavy atom. The third kappa shape index (κ3) is 2.28. The summed E-state index contributed by atoms with van der Waals surface area (Å²) in [6.07, 6.45) is 0. The first-order chi connectivity index (χ1) is 8.84. The maximum absolute atomic E-state index is 5.70. The minimum atomic E-state index is 0.415. The van der Waals surface area contributed by atoms with Crippen LogP contribution in [-0.4, -0.2) is 13.2 Å². The van der Waals surface area contributed by atoms with Crippen molar-refractivity contribution in [1.29, 1.82) is 0 Å². The highest BCUT2D eigenvalue weighted by molar-refractivity contribution is 7.10. The summed E-state index contributed by atoms with van der Waals surface area (Å²) in [7, 11) is 0. The molecule has 3 rings (SSSR count). The molecule has 3 heteroatoms. The van der Waals surface area contributed by atoms with Crippen LogP contribution in [0, 0.1) is 0 Å². The van der Waals surface area contributed by atoms with Crippen molar-refractivity contribution in [1.82, 2.24) is 5.32 Å². The van der Waals surface area contributed by atoms with E-state index in [1.807, 2.05) is 6.07 Å². The maximum Gasteiger partial charge on any atom is 0.122 e. The molecule has 94 valence electrons. The Bertz CT molecular complexity index is 509. The van der Waals surface area contributed by atoms with Crippen molar-refractivity contribution >= 4 is 11.3 Å². The summed E-state index contributed by atoms with van der Waals surface area (Å²) >= 11 is 1.81. The summed E-state index contributed by atoms with van der Waals surface area (Å²) in [5.74, 6) is 1.52. The molecule has 0 amide bonds. The predicted molar refractivity (Wildman–Crippen MR) is 75.4 cm³/mol. The van der Waals surface area contributed by atoms with E-state index in [2.05, 4.69) is 48.0 Å². The van der Waals surface area contributed by atoms with E-state index in [9.17, 15) is 0 Å². The van der Waals surface area contributed by atoms with Crippen molar-refractivity contribution in [2.24, 2.45) is 0 Å². The molecular weight excluding hydrogens is 242 g/mol. The quantitative estimate of drug-likeness (QED) is 0.906. The standard InChI is InChI=1S/C15H17NOS/c1-11(15-7-4-8-18-15)16-9-12-10-17-14-6-3-2-5-13(12)14/h2-8,11-12,16H,9-10H2,1H3/t11-,12?/m1/s1. The van der Waals surface area contributed by atoms with Crippen molar-refractivity contribution < 1.29 is 4.74 Å². The van der Waals surface area contributed by atoms with Gasteiger partial charge >= 0.3 is 0 Å². The lowest BCUT2D eigenvalue weighted by atomic mass is 10.0. The number of rotatable bonds is 4. The minimum absolute atomic E-state index is 0.415. The van der Waals surface area contributed by atoms with Gasteiger partial charge in [0.15, 0.2) is 0 Å². The lowest BCUT2D eigenvalue weighted by Crippen LogP contribution is -2.24. The van der Waals surface area contributed by atoms with E-state index in [4.69, 9.17) is 4.74 Å². The van der Waals surface area contributed by atoms with Gasteiger partial charge in [0.2, 0.25) is 0 Å². The Balaban J connectivity index is 1.62. The van der Waals surface area contributed by atoms with Crippen LogP contribution in [-0.2, 0) is 0 Å². The molecule has 1 unspecified atom stereocenters. The van der Waals surface area contributed by atoms with Crippen molar-refractivity contribution in [3.8, 4) is 5.75 Å². The normalized spacial score (nSPS) is 19.3. The third-order valence-corrected chi connectivity index (χ3v) is 4.49. The van der Waals surface area contributed by atoms with Gasteiger partial charge in [-0.2, -0.15) is 0 Å². The number of nitrogens with one attached hydrogen (secondary N) is 1. The molecule has 0 radical (unpaired) electrons. The van der Waals surface area contributed by atoms with Crippen LogP contribution >= 0.6 is 11.3 Å². The van der Waals surface area contributed by atoms with Crippen molar-refractivity contribution in [2.45, 2.75) is 18.9 Å². The average molecular weight is 259 g/mol. The Morgan fingerprint density at radius 3 is 3.06 bits per heavy atom. The van der Waals surface area contributed by atoms with Crippen LogP contribution in [0.5, 0.6) is 5.75 Å². The average Bonchev–Trinajstić information content (AvgIpc) is 3.06. The Hall–Kier alpha value is -1.32. The van der Waals surface area contributed by atoms with Crippen molar-refractivity contribution in [3.63, 3.8) is 0 Å². The molecular formula is C15H17NOS. The topological polar surface area (TPSA) is 21.3 Å². The number of ether oxygens (including phenoxy) is 1. The van der Waals surface area contributed by atoms with Gasteiger partial charge in [-0.25, -0.2) is 0 Å². The minimum Gasteiger partial charge on any atom is -0.493 e. The molecule has 1 N–H and O–H groups in total. The SMILES string of the molecule is C[C@@H](NCC1COc2ccccc21)c1cccs1. The van der Waals surface area contributed by atoms with E-state index >= 15 is 0 Å². The van der Waals surface area contributed by atoms with E-state index in [1.165, 1.54) is 10.4 Å². The molecule has 0 spiro atoms. The zero-order valence-electron chi connectivity index (χ0n) is 10.4. The van der Waals surface area contributed by atoms with Crippen molar-refractivity contribution in [2.75, 3.05) is 13.2 Å². The van der Waals surface area contributed by atoms with Crippen LogP contribution in [0.1, 0.15) is 29.3 Å². The van der Waals surface area contributed by atoms with Crippen LogP contribution in [0.2, 0.25) is 0 Å². The van der Waals surface area contributed by atoms with Gasteiger partial charge in [0.05, 0.1) is 6.61 Å². The highest BCUT2D eigenvalue weighted by Gasteiger charge is 2.23. The van der Waals surface area contributed by atoms with Gasteiger partial charge in [0.25, 0.3) is 0 Å². The first-order valence-corrected chi connectivity index (χ1v) is 7.21. The zero-order valence-corrected chi connectivity index (χ0v) is 11.2. The first kappa shape index (κ1) is 11.8. The highest BCUT2D eigenvalue weighted by atomic mass is 32.1. The molecule has 0 fully saturated rings. The number of para-hydroxylation sites is 1. The van der Waals surface area contributed by atoms with Crippen LogP contribution < -0.4 is 10.1 Å². The monoisotopic (exact) mass is 259 g/mol. The van der Waals surface area contributed by atoms with Gasteiger partial charge < -0.3 is 10.1 Å². The Labute approximate surface area is 112 Å². The lowest BCUT2D eigenvalue weighted by molar-refractivity contribution is 0.323. The van der Waals surface area contributed by atoms with Crippen LogP contribution in [0.3, 0.4) is 0 Å². The molecule has 0 saturated heterocycles. The summed E-state index contributed by atoms with van der Waals surface area (Å²) in [6.45, 7) is 3.98. The van der Waals surface area contributed by atoms with Gasteiger partial charge in [-0.3, -0.25) is 0 Å². The molecule has 0 saturated carbocycles. The molecule has 0 bridgehead atoms. The molecule has 0 aliphatic carbocycles. The first-order valence-electron chi connectivity index (χ1n) is 6.33. The van der Waals surface area contributed by atoms with Gasteiger partial charge in [-0.05, 0) is 24.4 Å². The second kappa shape index (κ2) is 5.12. The lowest BCUT2D eigenvalue weighted by Gasteiger charge is -2.15. The van der Waals surface area contributed by atoms with E-state index < -0.39 is 0 Å². The fourth-order valence-electron chi connectivity index (χ4n) is 2.36. The summed E-state index contributed by atoms with van der Waals surface area (Å²) in [5, 5.41) is 5.72. The number of benzene rings is 1. The van der Waals surface area contributed by atoms with E-state index in [1.54, 1.807) is 11.3 Å². The zero-order chi connectivity index (χ0) is 12.4. The Morgan fingerprint density at radius 2 is 2.22 bits per heavy atom. The number of hydrogen-bond acceptors (Lipinski definition) is 3. The summed E-state index contributed by atoms with van der Waals surface area (Å²) in [6, 6.07) is 13.0. The summed E-state index contributed by atoms with van der Waals surface area (Å²) in [5.41, 5.74) is 1.34. The highest BCUT2D eigenvalue weighted by Crippen LogP contribution is 2.33. The Kier molecular flexibility index (Phi) is 3.35. The molecule has 1 aliphatic rings. The van der Waals surface area contributed by atoms with E-state index in [0.717, 1.165) is 18.9 Å². The van der Waals surface area contributed by atoms with Crippen molar-refractivity contribution in [3.05, 3.63) is 52.2 Å². The van der Waals surface area contributed by atoms with Crippen LogP contribution in [0.25, 0.3) is 0 Å². The second-order valence-electron chi connectivity index (χ2n) is 4.69. The number of fused-ring (bicyclic) bond motifs is 1. The van der Waals surface area contributed by atoms with Gasteiger partial charge in [0.1, 0.15) is 5.75 Å². The van der Waals surface area contributed by atoms with Gasteiger partial charge in [-0.1, -0.05) is 24.3 Å². The molecule has 2 atom stereocenters. The maximum atomic E-state index is 5.70. The molecule has 18 heavy (non-hydrogen) atoms.